The number of hydrogen-bond acceptors (Lipinski definition) is 2. The van der Waals surface area contributed by atoms with Gasteiger partial charge in [0.1, 0.15) is 10.5 Å². The molecule has 0 spiro atoms. The Kier molecular flexibility index (Phi) is 3.73. The molecule has 0 aromatic rings. The van der Waals surface area contributed by atoms with Crippen molar-refractivity contribution >= 4 is 10.5 Å². The Labute approximate surface area is 46.3 Å². The maximum Gasteiger partial charge on any atom is 0.146 e. The first-order valence-corrected chi connectivity index (χ1v) is 2.93. The van der Waals surface area contributed by atoms with Crippen LogP contribution in [0.1, 0.15) is 6.92 Å². The lowest BCUT2D eigenvalue weighted by atomic mass is 10.5. The van der Waals surface area contributed by atoms with Gasteiger partial charge in [0.2, 0.25) is 0 Å². The fraction of sp³-hybridized carbons (Fsp3) is 0.500. The van der Waals surface area contributed by atoms with Gasteiger partial charge in [0.15, 0.2) is 0 Å². The summed E-state index contributed by atoms with van der Waals surface area (Å²) >= 11 is 0. The quantitative estimate of drug-likeness (QED) is 0.400. The van der Waals surface area contributed by atoms with Crippen molar-refractivity contribution in [3.05, 3.63) is 11.8 Å². The highest BCUT2D eigenvalue weighted by molar-refractivity contribution is 5.98. The van der Waals surface area contributed by atoms with Crippen LogP contribution in [0, 0.1) is 0 Å². The van der Waals surface area contributed by atoms with Crippen LogP contribution in [-0.4, -0.2) is 22.2 Å². The lowest BCUT2D eigenvalue weighted by Crippen LogP contribution is -1.84. The van der Waals surface area contributed by atoms with Crippen LogP contribution in [0.25, 0.3) is 0 Å². The molecular formula is C4H10O2Si. The monoisotopic (exact) mass is 118 g/mol. The Morgan fingerprint density at radius 1 is 2.00 bits per heavy atom. The molecule has 0 aliphatic carbocycles. The van der Waals surface area contributed by atoms with E-state index >= 15 is 0 Å². The minimum Gasteiger partial charge on any atom is -0.513 e. The van der Waals surface area contributed by atoms with Crippen LogP contribution < -0.4 is 0 Å². The molecule has 0 amide bonds. The van der Waals surface area contributed by atoms with Crippen molar-refractivity contribution in [1.82, 2.24) is 0 Å². The van der Waals surface area contributed by atoms with Gasteiger partial charge in [-0.3, -0.25) is 0 Å². The third kappa shape index (κ3) is 5.72. The summed E-state index contributed by atoms with van der Waals surface area (Å²) < 4.78 is 4.76. The molecule has 0 rings (SSSR count). The van der Waals surface area contributed by atoms with Gasteiger partial charge < -0.3 is 9.53 Å². The fourth-order valence-corrected chi connectivity index (χ4v) is 0.371. The molecule has 3 heteroatoms. The lowest BCUT2D eigenvalue weighted by Gasteiger charge is -1.87. The van der Waals surface area contributed by atoms with E-state index in [0.29, 0.717) is 12.4 Å². The maximum absolute atomic E-state index is 8.48. The molecule has 0 saturated heterocycles. The Hall–Kier alpha value is -0.283. The van der Waals surface area contributed by atoms with Crippen molar-refractivity contribution in [3.8, 4) is 0 Å². The molecule has 0 bridgehead atoms. The molecule has 0 aliphatic heterocycles. The van der Waals surface area contributed by atoms with Crippen LogP contribution in [0.3, 0.4) is 0 Å². The molecule has 42 valence electrons. The van der Waals surface area contributed by atoms with E-state index in [4.69, 9.17) is 9.53 Å². The minimum absolute atomic E-state index is 0.329. The van der Waals surface area contributed by atoms with Gasteiger partial charge in [0, 0.05) is 0 Å². The second kappa shape index (κ2) is 3.89. The fourth-order valence-electron chi connectivity index (χ4n) is 0.204. The summed E-state index contributed by atoms with van der Waals surface area (Å²) in [5.41, 5.74) is 0. The lowest BCUT2D eigenvalue weighted by molar-refractivity contribution is 0.372. The van der Waals surface area contributed by atoms with Crippen molar-refractivity contribution in [1.29, 1.82) is 0 Å². The van der Waals surface area contributed by atoms with Crippen molar-refractivity contribution in [3.63, 3.8) is 0 Å². The zero-order valence-corrected chi connectivity index (χ0v) is 6.64. The van der Waals surface area contributed by atoms with Crippen LogP contribution in [0.2, 0.25) is 0 Å². The smallest absolute Gasteiger partial charge is 0.146 e. The summed E-state index contributed by atoms with van der Waals surface area (Å²) in [6, 6.07) is 0. The summed E-state index contributed by atoms with van der Waals surface area (Å²) in [5, 5.41) is 8.48. The second-order valence-electron chi connectivity index (χ2n) is 1.30. The van der Waals surface area contributed by atoms with Gasteiger partial charge in [-0.25, -0.2) is 0 Å². The zero-order valence-electron chi connectivity index (χ0n) is 4.64. The van der Waals surface area contributed by atoms with Crippen LogP contribution in [-0.2, 0) is 4.43 Å². The maximum atomic E-state index is 8.48. The molecule has 0 aromatic carbocycles. The molecule has 0 aromatic heterocycles. The Bertz CT molecular complexity index is 66.1. The van der Waals surface area contributed by atoms with E-state index in [1.165, 1.54) is 0 Å². The van der Waals surface area contributed by atoms with E-state index in [1.807, 2.05) is 0 Å². The topological polar surface area (TPSA) is 29.5 Å². The van der Waals surface area contributed by atoms with Crippen molar-refractivity contribution in [2.45, 2.75) is 6.92 Å². The molecule has 0 heterocycles. The van der Waals surface area contributed by atoms with Crippen LogP contribution in [0.5, 0.6) is 0 Å². The van der Waals surface area contributed by atoms with E-state index in [0.717, 1.165) is 10.5 Å². The Morgan fingerprint density at radius 3 is 2.71 bits per heavy atom. The average Bonchev–Trinajstić information content (AvgIpc) is 1.61. The predicted molar refractivity (Wildman–Crippen MR) is 32.3 cm³/mol. The number of rotatable bonds is 2. The number of hydrogen-bond donors (Lipinski definition) is 1. The zero-order chi connectivity index (χ0) is 5.70. The highest BCUT2D eigenvalue weighted by Crippen LogP contribution is 1.81. The SMILES string of the molecule is CC(O)=CCO[SiH3]. The Morgan fingerprint density at radius 2 is 2.57 bits per heavy atom. The highest BCUT2D eigenvalue weighted by Gasteiger charge is 1.74. The average molecular weight is 118 g/mol. The van der Waals surface area contributed by atoms with E-state index in [2.05, 4.69) is 0 Å². The predicted octanol–water partition coefficient (Wildman–Crippen LogP) is -0.255. The molecule has 0 fully saturated rings. The van der Waals surface area contributed by atoms with Crippen LogP contribution in [0.4, 0.5) is 0 Å². The van der Waals surface area contributed by atoms with Crippen molar-refractivity contribution < 1.29 is 9.53 Å². The molecular weight excluding hydrogens is 108 g/mol. The standard InChI is InChI=1S/C4H10O2Si/c1-4(5)2-3-6-7/h2,5H,3H2,1,7H3. The summed E-state index contributed by atoms with van der Waals surface area (Å²) in [4.78, 5) is 0. The third-order valence-electron chi connectivity index (χ3n) is 0.545. The van der Waals surface area contributed by atoms with Gasteiger partial charge in [0.25, 0.3) is 0 Å². The van der Waals surface area contributed by atoms with Crippen LogP contribution in [0.15, 0.2) is 11.8 Å². The van der Waals surface area contributed by atoms with Gasteiger partial charge in [-0.15, -0.1) is 0 Å². The molecule has 0 unspecified atom stereocenters. The number of allylic oxidation sites excluding steroid dienone is 1. The van der Waals surface area contributed by atoms with Gasteiger partial charge >= 0.3 is 0 Å². The van der Waals surface area contributed by atoms with Gasteiger partial charge in [0.05, 0.1) is 12.4 Å². The molecule has 7 heavy (non-hydrogen) atoms. The first-order chi connectivity index (χ1) is 3.27. The molecule has 0 saturated carbocycles. The van der Waals surface area contributed by atoms with Gasteiger partial charge in [-0.1, -0.05) is 0 Å². The number of aliphatic hydroxyl groups is 1. The van der Waals surface area contributed by atoms with E-state index in [-0.39, 0.29) is 0 Å². The molecule has 0 radical (unpaired) electrons. The summed E-state index contributed by atoms with van der Waals surface area (Å²) in [7, 11) is 0.739. The van der Waals surface area contributed by atoms with E-state index in [9.17, 15) is 0 Å². The summed E-state index contributed by atoms with van der Waals surface area (Å²) in [5.74, 6) is 0.329. The summed E-state index contributed by atoms with van der Waals surface area (Å²) in [6.07, 6.45) is 1.63. The molecule has 2 nitrogen and oxygen atoms in total. The van der Waals surface area contributed by atoms with Crippen molar-refractivity contribution in [2.24, 2.45) is 0 Å². The normalized spacial score (nSPS) is 12.4. The first-order valence-electron chi connectivity index (χ1n) is 2.12. The van der Waals surface area contributed by atoms with Crippen LogP contribution >= 0.6 is 0 Å². The largest absolute Gasteiger partial charge is 0.513 e. The van der Waals surface area contributed by atoms with Gasteiger partial charge in [-0.05, 0) is 13.0 Å². The second-order valence-corrected chi connectivity index (χ2v) is 1.88. The molecule has 0 atom stereocenters. The van der Waals surface area contributed by atoms with E-state index < -0.39 is 0 Å². The minimum atomic E-state index is 0.329. The highest BCUT2D eigenvalue weighted by atomic mass is 28.2. The van der Waals surface area contributed by atoms with Crippen molar-refractivity contribution in [2.75, 3.05) is 6.61 Å². The first kappa shape index (κ1) is 6.72. The van der Waals surface area contributed by atoms with Gasteiger partial charge in [-0.2, -0.15) is 0 Å². The summed E-state index contributed by atoms with van der Waals surface area (Å²) in [6.45, 7) is 2.18. The third-order valence-corrected chi connectivity index (χ3v) is 0.879. The Balaban J connectivity index is 3.08. The van der Waals surface area contributed by atoms with E-state index in [1.54, 1.807) is 13.0 Å². The molecule has 0 aliphatic rings. The number of aliphatic hydroxyl groups excluding tert-OH is 1. The molecule has 1 N–H and O–H groups in total.